The van der Waals surface area contributed by atoms with E-state index in [1.54, 1.807) is 0 Å². The van der Waals surface area contributed by atoms with Gasteiger partial charge in [0, 0.05) is 30.6 Å². The molecule has 21 heavy (non-hydrogen) atoms. The minimum atomic E-state index is -0.626. The zero-order valence-corrected chi connectivity index (χ0v) is 14.0. The van der Waals surface area contributed by atoms with Gasteiger partial charge in [-0.3, -0.25) is 0 Å². The van der Waals surface area contributed by atoms with Gasteiger partial charge in [0.1, 0.15) is 14.8 Å². The first kappa shape index (κ1) is 15.2. The number of nitrogens with zero attached hydrogens (tertiary/aromatic N) is 3. The van der Waals surface area contributed by atoms with E-state index in [-0.39, 0.29) is 0 Å². The van der Waals surface area contributed by atoms with Gasteiger partial charge >= 0.3 is 0 Å². The van der Waals surface area contributed by atoms with E-state index in [1.807, 2.05) is 43.1 Å². The van der Waals surface area contributed by atoms with Crippen molar-refractivity contribution in [3.8, 4) is 11.3 Å². The zero-order valence-electron chi connectivity index (χ0n) is 12.8. The summed E-state index contributed by atoms with van der Waals surface area (Å²) in [7, 11) is -0.626. The lowest BCUT2D eigenvalue weighted by molar-refractivity contribution is 0.991. The SMILES string of the molecule is CCc1nc(-c2ccccc2)c[nH]1.C[SiH](C)n1ccnc1. The Morgan fingerprint density at radius 3 is 2.43 bits per heavy atom. The van der Waals surface area contributed by atoms with Crippen LogP contribution in [0.25, 0.3) is 11.3 Å². The maximum atomic E-state index is 4.44. The van der Waals surface area contributed by atoms with Crippen LogP contribution in [0.1, 0.15) is 12.7 Å². The van der Waals surface area contributed by atoms with E-state index in [0.717, 1.165) is 17.9 Å². The highest BCUT2D eigenvalue weighted by molar-refractivity contribution is 6.53. The number of H-pyrrole nitrogens is 1. The van der Waals surface area contributed by atoms with Crippen molar-refractivity contribution in [1.29, 1.82) is 0 Å². The second-order valence-corrected chi connectivity index (χ2v) is 7.84. The third-order valence-electron chi connectivity index (χ3n) is 3.16. The number of rotatable bonds is 3. The molecule has 2 aromatic heterocycles. The molecule has 0 spiro atoms. The van der Waals surface area contributed by atoms with Crippen LogP contribution in [0.2, 0.25) is 13.1 Å². The van der Waals surface area contributed by atoms with E-state index < -0.39 is 8.96 Å². The Morgan fingerprint density at radius 2 is 1.95 bits per heavy atom. The predicted octanol–water partition coefficient (Wildman–Crippen LogP) is 3.35. The fourth-order valence-electron chi connectivity index (χ4n) is 1.87. The summed E-state index contributed by atoms with van der Waals surface area (Å²) in [6.45, 7) is 6.62. The van der Waals surface area contributed by atoms with Crippen molar-refractivity contribution in [3.05, 3.63) is 61.1 Å². The highest BCUT2D eigenvalue weighted by Gasteiger charge is 2.00. The van der Waals surface area contributed by atoms with Crippen molar-refractivity contribution < 1.29 is 0 Å². The standard InChI is InChI=1S/C11H12N2.C5H10N2Si/c1-2-11-12-8-10(13-11)9-6-4-3-5-7-9;1-8(2)7-4-3-6-5-7/h3-8H,2H2,1H3,(H,12,13);3-5,8H,1-2H3. The van der Waals surface area contributed by atoms with Crippen molar-refractivity contribution in [3.63, 3.8) is 0 Å². The van der Waals surface area contributed by atoms with Crippen LogP contribution in [0.15, 0.2) is 55.2 Å². The average molecular weight is 298 g/mol. The first-order valence-electron chi connectivity index (χ1n) is 7.27. The van der Waals surface area contributed by atoms with Gasteiger partial charge in [0.2, 0.25) is 0 Å². The summed E-state index contributed by atoms with van der Waals surface area (Å²) in [5.41, 5.74) is 2.19. The van der Waals surface area contributed by atoms with E-state index in [1.165, 1.54) is 5.56 Å². The maximum absolute atomic E-state index is 4.44. The van der Waals surface area contributed by atoms with Gasteiger partial charge < -0.3 is 9.22 Å². The molecule has 0 saturated carbocycles. The molecule has 1 N–H and O–H groups in total. The molecule has 4 nitrogen and oxygen atoms in total. The highest BCUT2D eigenvalue weighted by Crippen LogP contribution is 2.15. The third-order valence-corrected chi connectivity index (χ3v) is 4.65. The second kappa shape index (κ2) is 7.59. The van der Waals surface area contributed by atoms with Crippen molar-refractivity contribution in [1.82, 2.24) is 19.2 Å². The molecule has 5 heteroatoms. The Bertz CT molecular complexity index is 629. The minimum absolute atomic E-state index is 0.626. The Labute approximate surface area is 127 Å². The molecule has 0 bridgehead atoms. The molecule has 0 fully saturated rings. The van der Waals surface area contributed by atoms with Crippen molar-refractivity contribution >= 4 is 8.96 Å². The molecule has 1 aromatic carbocycles. The number of hydrogen-bond acceptors (Lipinski definition) is 2. The Balaban J connectivity index is 0.000000173. The van der Waals surface area contributed by atoms with E-state index in [0.29, 0.717) is 0 Å². The summed E-state index contributed by atoms with van der Waals surface area (Å²) in [5, 5.41) is 0. The van der Waals surface area contributed by atoms with Crippen molar-refractivity contribution in [2.45, 2.75) is 26.4 Å². The molecule has 0 amide bonds. The lowest BCUT2D eigenvalue weighted by Gasteiger charge is -2.00. The third kappa shape index (κ3) is 4.42. The van der Waals surface area contributed by atoms with E-state index in [4.69, 9.17) is 0 Å². The van der Waals surface area contributed by atoms with Crippen LogP contribution in [0.4, 0.5) is 0 Å². The molecule has 0 saturated heterocycles. The fraction of sp³-hybridized carbons (Fsp3) is 0.250. The van der Waals surface area contributed by atoms with Gasteiger partial charge in [-0.05, 0) is 0 Å². The lowest BCUT2D eigenvalue weighted by atomic mass is 10.2. The Morgan fingerprint density at radius 1 is 1.19 bits per heavy atom. The smallest absolute Gasteiger partial charge is 0.140 e. The molecule has 0 atom stereocenters. The molecule has 0 aliphatic rings. The number of nitrogens with one attached hydrogen (secondary N) is 1. The highest BCUT2D eigenvalue weighted by atomic mass is 28.3. The van der Waals surface area contributed by atoms with Crippen LogP contribution >= 0.6 is 0 Å². The topological polar surface area (TPSA) is 46.5 Å². The van der Waals surface area contributed by atoms with Crippen molar-refractivity contribution in [2.24, 2.45) is 0 Å². The summed E-state index contributed by atoms with van der Waals surface area (Å²) in [5.74, 6) is 1.04. The van der Waals surface area contributed by atoms with Gasteiger partial charge in [-0.2, -0.15) is 0 Å². The molecular weight excluding hydrogens is 276 g/mol. The maximum Gasteiger partial charge on any atom is 0.140 e. The van der Waals surface area contributed by atoms with E-state index in [9.17, 15) is 0 Å². The average Bonchev–Trinajstić information content (AvgIpc) is 3.20. The van der Waals surface area contributed by atoms with E-state index in [2.05, 4.69) is 51.3 Å². The minimum Gasteiger partial charge on any atom is -0.368 e. The van der Waals surface area contributed by atoms with Crippen LogP contribution in [0.5, 0.6) is 0 Å². The monoisotopic (exact) mass is 298 g/mol. The normalized spacial score (nSPS) is 10.3. The molecule has 2 heterocycles. The predicted molar refractivity (Wildman–Crippen MR) is 89.9 cm³/mol. The number of aryl methyl sites for hydroxylation is 1. The van der Waals surface area contributed by atoms with Gasteiger partial charge in [-0.25, -0.2) is 9.97 Å². The largest absolute Gasteiger partial charge is 0.368 e. The molecule has 0 unspecified atom stereocenters. The first-order chi connectivity index (χ1) is 10.2. The summed E-state index contributed by atoms with van der Waals surface area (Å²) in [4.78, 5) is 11.5. The molecule has 0 aliphatic heterocycles. The van der Waals surface area contributed by atoms with Gasteiger partial charge in [0.25, 0.3) is 0 Å². The van der Waals surface area contributed by atoms with Gasteiger partial charge in [0.15, 0.2) is 0 Å². The molecule has 110 valence electrons. The van der Waals surface area contributed by atoms with Crippen LogP contribution in [-0.2, 0) is 6.42 Å². The van der Waals surface area contributed by atoms with E-state index >= 15 is 0 Å². The quantitative estimate of drug-likeness (QED) is 0.754. The molecule has 0 radical (unpaired) electrons. The second-order valence-electron chi connectivity index (χ2n) is 5.06. The first-order valence-corrected chi connectivity index (χ1v) is 10.1. The number of benzene rings is 1. The molecule has 3 aromatic rings. The summed E-state index contributed by atoms with van der Waals surface area (Å²) in [6.07, 6.45) is 8.64. The molecule has 0 aliphatic carbocycles. The lowest BCUT2D eigenvalue weighted by Crippen LogP contribution is -2.12. The summed E-state index contributed by atoms with van der Waals surface area (Å²) < 4.78 is 2.19. The number of aromatic amines is 1. The fourth-order valence-corrected chi connectivity index (χ4v) is 2.64. The molecular formula is C16H22N4Si. The van der Waals surface area contributed by atoms with Crippen LogP contribution in [0, 0.1) is 0 Å². The molecule has 3 rings (SSSR count). The summed E-state index contributed by atoms with van der Waals surface area (Å²) >= 11 is 0. The van der Waals surface area contributed by atoms with Gasteiger partial charge in [0.05, 0.1) is 12.0 Å². The Kier molecular flexibility index (Phi) is 5.51. The Hall–Kier alpha value is -2.14. The zero-order chi connectivity index (χ0) is 15.1. The van der Waals surface area contributed by atoms with Crippen LogP contribution in [-0.4, -0.2) is 28.1 Å². The number of imidazole rings is 2. The van der Waals surface area contributed by atoms with Crippen LogP contribution in [0.3, 0.4) is 0 Å². The number of aromatic nitrogens is 4. The summed E-state index contributed by atoms with van der Waals surface area (Å²) in [6, 6.07) is 10.2. The van der Waals surface area contributed by atoms with Gasteiger partial charge in [-0.15, -0.1) is 0 Å². The van der Waals surface area contributed by atoms with Gasteiger partial charge in [-0.1, -0.05) is 50.3 Å². The number of hydrogen-bond donors (Lipinski definition) is 1. The van der Waals surface area contributed by atoms with Crippen LogP contribution < -0.4 is 0 Å². The van der Waals surface area contributed by atoms with Crippen molar-refractivity contribution in [2.75, 3.05) is 0 Å².